The maximum absolute atomic E-state index is 10.7. The molecule has 1 aliphatic rings. The summed E-state index contributed by atoms with van der Waals surface area (Å²) < 4.78 is 11.4. The van der Waals surface area contributed by atoms with Crippen LogP contribution < -0.4 is 9.47 Å². The fourth-order valence-corrected chi connectivity index (χ4v) is 2.98. The van der Waals surface area contributed by atoms with Crippen LogP contribution in [0.1, 0.15) is 25.5 Å². The molecule has 2 N–H and O–H groups in total. The van der Waals surface area contributed by atoms with Crippen molar-refractivity contribution in [1.82, 2.24) is 4.90 Å². The van der Waals surface area contributed by atoms with E-state index in [4.69, 9.17) is 14.6 Å². The molecule has 1 aromatic carbocycles. The maximum Gasteiger partial charge on any atom is 0.167 e. The number of aliphatic hydroxyl groups is 2. The number of para-hydroxylation sites is 1. The Morgan fingerprint density at radius 3 is 2.70 bits per heavy atom. The molecule has 5 heteroatoms. The summed E-state index contributed by atoms with van der Waals surface area (Å²) in [6.45, 7) is 4.39. The molecule has 5 nitrogen and oxygen atoms in total. The van der Waals surface area contributed by atoms with E-state index in [1.807, 2.05) is 44.0 Å². The SMILES string of the molecule is COc1cccc2c1OC(C)(C)C(N(C)CCO)C2O. The number of methoxy groups -OCH3 is 1. The Hall–Kier alpha value is -1.30. The van der Waals surface area contributed by atoms with Crippen LogP contribution in [0, 0.1) is 0 Å². The van der Waals surface area contributed by atoms with Gasteiger partial charge in [0.1, 0.15) is 11.7 Å². The third-order valence-electron chi connectivity index (χ3n) is 3.85. The first-order valence-corrected chi connectivity index (χ1v) is 6.77. The highest BCUT2D eigenvalue weighted by Crippen LogP contribution is 2.46. The molecule has 2 unspecified atom stereocenters. The van der Waals surface area contributed by atoms with Gasteiger partial charge in [-0.25, -0.2) is 0 Å². The quantitative estimate of drug-likeness (QED) is 0.868. The standard InChI is InChI=1S/C15H23NO4/c1-15(2)14(16(3)8-9-17)12(18)10-6-5-7-11(19-4)13(10)20-15/h5-7,12,14,17-18H,8-9H2,1-4H3. The monoisotopic (exact) mass is 281 g/mol. The van der Waals surface area contributed by atoms with Gasteiger partial charge in [-0.05, 0) is 27.0 Å². The molecule has 0 aliphatic carbocycles. The molecule has 0 radical (unpaired) electrons. The molecule has 0 bridgehead atoms. The van der Waals surface area contributed by atoms with E-state index in [1.165, 1.54) is 0 Å². The third kappa shape index (κ3) is 2.49. The third-order valence-corrected chi connectivity index (χ3v) is 3.85. The van der Waals surface area contributed by atoms with E-state index in [2.05, 4.69) is 0 Å². The summed E-state index contributed by atoms with van der Waals surface area (Å²) >= 11 is 0. The number of benzene rings is 1. The zero-order valence-corrected chi connectivity index (χ0v) is 12.5. The van der Waals surface area contributed by atoms with Gasteiger partial charge < -0.3 is 19.7 Å². The number of aliphatic hydroxyl groups excluding tert-OH is 2. The van der Waals surface area contributed by atoms with Crippen LogP contribution in [0.5, 0.6) is 11.5 Å². The van der Waals surface area contributed by atoms with E-state index < -0.39 is 11.7 Å². The van der Waals surface area contributed by atoms with E-state index in [0.29, 0.717) is 18.0 Å². The Kier molecular flexibility index (Phi) is 4.22. The zero-order valence-electron chi connectivity index (χ0n) is 12.5. The highest BCUT2D eigenvalue weighted by molar-refractivity contribution is 5.50. The summed E-state index contributed by atoms with van der Waals surface area (Å²) in [6.07, 6.45) is -0.694. The Balaban J connectivity index is 2.44. The predicted octanol–water partition coefficient (Wildman–Crippen LogP) is 1.19. The summed E-state index contributed by atoms with van der Waals surface area (Å²) in [4.78, 5) is 1.92. The van der Waals surface area contributed by atoms with Crippen LogP contribution in [0.25, 0.3) is 0 Å². The van der Waals surface area contributed by atoms with Crippen molar-refractivity contribution in [3.05, 3.63) is 23.8 Å². The van der Waals surface area contributed by atoms with Gasteiger partial charge in [-0.3, -0.25) is 4.90 Å². The lowest BCUT2D eigenvalue weighted by Gasteiger charge is -2.47. The van der Waals surface area contributed by atoms with Crippen LogP contribution in [0.2, 0.25) is 0 Å². The molecule has 0 saturated carbocycles. The minimum Gasteiger partial charge on any atom is -0.493 e. The summed E-state index contributed by atoms with van der Waals surface area (Å²) in [5, 5.41) is 19.8. The summed E-state index contributed by atoms with van der Waals surface area (Å²) in [6, 6.07) is 5.26. The molecule has 1 aromatic rings. The van der Waals surface area contributed by atoms with E-state index in [-0.39, 0.29) is 12.6 Å². The van der Waals surface area contributed by atoms with Gasteiger partial charge in [-0.2, -0.15) is 0 Å². The van der Waals surface area contributed by atoms with Gasteiger partial charge in [-0.1, -0.05) is 12.1 Å². The molecule has 0 spiro atoms. The van der Waals surface area contributed by atoms with Gasteiger partial charge in [0.05, 0.1) is 19.8 Å². The van der Waals surface area contributed by atoms with Crippen LogP contribution in [-0.2, 0) is 0 Å². The first kappa shape index (κ1) is 15.1. The second-order valence-electron chi connectivity index (χ2n) is 5.68. The molecule has 0 fully saturated rings. The highest BCUT2D eigenvalue weighted by atomic mass is 16.5. The minimum atomic E-state index is -0.694. The largest absolute Gasteiger partial charge is 0.493 e. The number of fused-ring (bicyclic) bond motifs is 1. The first-order valence-electron chi connectivity index (χ1n) is 6.77. The van der Waals surface area contributed by atoms with Crippen molar-refractivity contribution in [3.63, 3.8) is 0 Å². The van der Waals surface area contributed by atoms with E-state index in [9.17, 15) is 5.11 Å². The Morgan fingerprint density at radius 1 is 1.40 bits per heavy atom. The van der Waals surface area contributed by atoms with Crippen molar-refractivity contribution in [2.24, 2.45) is 0 Å². The number of hydrogen-bond acceptors (Lipinski definition) is 5. The molecule has 0 aromatic heterocycles. The second kappa shape index (κ2) is 5.60. The highest BCUT2D eigenvalue weighted by Gasteiger charge is 2.46. The van der Waals surface area contributed by atoms with Crippen LogP contribution in [0.4, 0.5) is 0 Å². The molecule has 0 saturated heterocycles. The second-order valence-corrected chi connectivity index (χ2v) is 5.68. The van der Waals surface area contributed by atoms with Gasteiger partial charge in [0.25, 0.3) is 0 Å². The van der Waals surface area contributed by atoms with Crippen LogP contribution in [-0.4, -0.2) is 54.1 Å². The van der Waals surface area contributed by atoms with Crippen molar-refractivity contribution in [3.8, 4) is 11.5 Å². The van der Waals surface area contributed by atoms with Crippen LogP contribution in [0.15, 0.2) is 18.2 Å². The van der Waals surface area contributed by atoms with Gasteiger partial charge in [0.2, 0.25) is 0 Å². The molecule has 0 amide bonds. The Bertz CT molecular complexity index is 475. The summed E-state index contributed by atoms with van der Waals surface area (Å²) in [7, 11) is 3.46. The molecular formula is C15H23NO4. The molecule has 20 heavy (non-hydrogen) atoms. The zero-order chi connectivity index (χ0) is 14.9. The first-order chi connectivity index (χ1) is 9.42. The lowest BCUT2D eigenvalue weighted by Crippen LogP contribution is -2.57. The summed E-state index contributed by atoms with van der Waals surface area (Å²) in [5.74, 6) is 1.22. The van der Waals surface area contributed by atoms with Crippen molar-refractivity contribution in [2.75, 3.05) is 27.3 Å². The summed E-state index contributed by atoms with van der Waals surface area (Å²) in [5.41, 5.74) is 0.129. The number of nitrogens with zero attached hydrogens (tertiary/aromatic N) is 1. The van der Waals surface area contributed by atoms with E-state index in [1.54, 1.807) is 7.11 Å². The van der Waals surface area contributed by atoms with E-state index >= 15 is 0 Å². The van der Waals surface area contributed by atoms with Gasteiger partial charge in [-0.15, -0.1) is 0 Å². The van der Waals surface area contributed by atoms with Crippen LogP contribution >= 0.6 is 0 Å². The Labute approximate surface area is 119 Å². The topological polar surface area (TPSA) is 62.2 Å². The lowest BCUT2D eigenvalue weighted by molar-refractivity contribution is -0.0783. The van der Waals surface area contributed by atoms with Crippen molar-refractivity contribution in [2.45, 2.75) is 31.6 Å². The normalized spacial score (nSPS) is 24.1. The lowest BCUT2D eigenvalue weighted by atomic mass is 9.85. The predicted molar refractivity (Wildman–Crippen MR) is 76.2 cm³/mol. The van der Waals surface area contributed by atoms with Gasteiger partial charge >= 0.3 is 0 Å². The minimum absolute atomic E-state index is 0.0424. The van der Waals surface area contributed by atoms with Crippen molar-refractivity contribution < 1.29 is 19.7 Å². The molecule has 1 heterocycles. The van der Waals surface area contributed by atoms with Gasteiger partial charge in [0.15, 0.2) is 11.5 Å². The average molecular weight is 281 g/mol. The molecular weight excluding hydrogens is 258 g/mol. The molecule has 1 aliphatic heterocycles. The number of hydrogen-bond donors (Lipinski definition) is 2. The fourth-order valence-electron chi connectivity index (χ4n) is 2.98. The Morgan fingerprint density at radius 2 is 2.10 bits per heavy atom. The maximum atomic E-state index is 10.7. The van der Waals surface area contributed by atoms with Crippen LogP contribution in [0.3, 0.4) is 0 Å². The van der Waals surface area contributed by atoms with Crippen molar-refractivity contribution >= 4 is 0 Å². The van der Waals surface area contributed by atoms with Crippen molar-refractivity contribution in [1.29, 1.82) is 0 Å². The molecule has 2 rings (SSSR count). The average Bonchev–Trinajstić information content (AvgIpc) is 2.37. The smallest absolute Gasteiger partial charge is 0.167 e. The molecule has 112 valence electrons. The number of rotatable bonds is 4. The fraction of sp³-hybridized carbons (Fsp3) is 0.600. The number of likely N-dealkylation sites (N-methyl/N-ethyl adjacent to an activating group) is 1. The van der Waals surface area contributed by atoms with E-state index in [0.717, 1.165) is 5.56 Å². The molecule has 2 atom stereocenters. The van der Waals surface area contributed by atoms with Gasteiger partial charge in [0, 0.05) is 12.1 Å². The number of ether oxygens (including phenoxy) is 2.